The lowest BCUT2D eigenvalue weighted by Gasteiger charge is -2.20. The largest absolute Gasteiger partial charge is 0.508 e. The van der Waals surface area contributed by atoms with Crippen molar-refractivity contribution < 1.29 is 13.5 Å². The number of rotatable bonds is 7. The molecule has 2 rings (SSSR count). The molecule has 2 aromatic carbocycles. The van der Waals surface area contributed by atoms with Crippen molar-refractivity contribution in [2.45, 2.75) is 39.0 Å². The highest BCUT2D eigenvalue weighted by Gasteiger charge is 2.20. The average Bonchev–Trinajstić information content (AvgIpc) is 2.64. The summed E-state index contributed by atoms with van der Waals surface area (Å²) in [6.07, 6.45) is 2.71. The van der Waals surface area contributed by atoms with Crippen LogP contribution in [0.3, 0.4) is 0 Å². The van der Waals surface area contributed by atoms with Crippen molar-refractivity contribution in [2.75, 3.05) is 6.54 Å². The van der Waals surface area contributed by atoms with Gasteiger partial charge in [-0.2, -0.15) is 5.26 Å². The zero-order chi connectivity index (χ0) is 20.8. The average molecular weight is 399 g/mol. The van der Waals surface area contributed by atoms with Gasteiger partial charge >= 0.3 is 0 Å². The number of benzene rings is 2. The molecule has 0 radical (unpaired) electrons. The molecule has 0 spiro atoms. The van der Waals surface area contributed by atoms with Gasteiger partial charge in [0.15, 0.2) is 4.91 Å². The molecule has 0 heterocycles. The van der Waals surface area contributed by atoms with Gasteiger partial charge in [0, 0.05) is 6.54 Å². The highest BCUT2D eigenvalue weighted by Crippen LogP contribution is 2.31. The summed E-state index contributed by atoms with van der Waals surface area (Å²) in [7, 11) is -3.90. The van der Waals surface area contributed by atoms with Crippen LogP contribution in [-0.2, 0) is 21.9 Å². The summed E-state index contributed by atoms with van der Waals surface area (Å²) < 4.78 is 27.4. The molecule has 0 amide bonds. The SMILES string of the molecule is CC(C)(C)c1cc(/C=C(\C#N)S(=O)(=O)NCCCc2ccccc2)ccc1O. The van der Waals surface area contributed by atoms with E-state index in [0.717, 1.165) is 12.0 Å². The van der Waals surface area contributed by atoms with Crippen LogP contribution < -0.4 is 4.72 Å². The van der Waals surface area contributed by atoms with E-state index >= 15 is 0 Å². The molecular formula is C22H26N2O3S. The molecular weight excluding hydrogens is 372 g/mol. The Hall–Kier alpha value is -2.62. The van der Waals surface area contributed by atoms with Crippen LogP contribution in [0.5, 0.6) is 5.75 Å². The van der Waals surface area contributed by atoms with Crippen LogP contribution in [0.2, 0.25) is 0 Å². The Kier molecular flexibility index (Phi) is 7.00. The maximum absolute atomic E-state index is 12.5. The van der Waals surface area contributed by atoms with Gasteiger partial charge in [0.25, 0.3) is 10.0 Å². The fourth-order valence-electron chi connectivity index (χ4n) is 2.79. The van der Waals surface area contributed by atoms with E-state index in [9.17, 15) is 18.8 Å². The number of allylic oxidation sites excluding steroid dienone is 1. The monoisotopic (exact) mass is 398 g/mol. The molecule has 0 atom stereocenters. The second kappa shape index (κ2) is 9.05. The Bertz CT molecular complexity index is 983. The van der Waals surface area contributed by atoms with Crippen molar-refractivity contribution in [1.82, 2.24) is 4.72 Å². The predicted molar refractivity (Wildman–Crippen MR) is 112 cm³/mol. The van der Waals surface area contributed by atoms with E-state index in [1.165, 1.54) is 12.1 Å². The molecule has 0 unspecified atom stereocenters. The van der Waals surface area contributed by atoms with Gasteiger partial charge < -0.3 is 5.11 Å². The van der Waals surface area contributed by atoms with Crippen molar-refractivity contribution in [1.29, 1.82) is 5.26 Å². The van der Waals surface area contributed by atoms with E-state index in [-0.39, 0.29) is 22.6 Å². The number of hydrogen-bond acceptors (Lipinski definition) is 4. The lowest BCUT2D eigenvalue weighted by molar-refractivity contribution is 0.446. The molecule has 2 aromatic rings. The van der Waals surface area contributed by atoms with Crippen molar-refractivity contribution in [3.8, 4) is 11.8 Å². The highest BCUT2D eigenvalue weighted by molar-refractivity contribution is 7.93. The van der Waals surface area contributed by atoms with E-state index in [4.69, 9.17) is 0 Å². The molecule has 28 heavy (non-hydrogen) atoms. The maximum Gasteiger partial charge on any atom is 0.250 e. The van der Waals surface area contributed by atoms with E-state index in [2.05, 4.69) is 4.72 Å². The van der Waals surface area contributed by atoms with E-state index < -0.39 is 10.0 Å². The summed E-state index contributed by atoms with van der Waals surface area (Å²) in [5.41, 5.74) is 2.06. The van der Waals surface area contributed by atoms with Gasteiger partial charge in [-0.25, -0.2) is 13.1 Å². The van der Waals surface area contributed by atoms with Crippen molar-refractivity contribution in [3.05, 3.63) is 70.1 Å². The predicted octanol–water partition coefficient (Wildman–Crippen LogP) is 4.11. The van der Waals surface area contributed by atoms with E-state index in [0.29, 0.717) is 17.5 Å². The molecule has 6 heteroatoms. The Morgan fingerprint density at radius 1 is 1.18 bits per heavy atom. The summed E-state index contributed by atoms with van der Waals surface area (Å²) in [4.78, 5) is -0.349. The summed E-state index contributed by atoms with van der Waals surface area (Å²) in [6.45, 7) is 6.10. The normalized spacial score (nSPS) is 12.6. The van der Waals surface area contributed by atoms with Gasteiger partial charge in [0.2, 0.25) is 0 Å². The fourth-order valence-corrected chi connectivity index (χ4v) is 3.77. The first-order chi connectivity index (χ1) is 13.1. The molecule has 148 valence electrons. The van der Waals surface area contributed by atoms with E-state index in [1.807, 2.05) is 51.1 Å². The number of nitriles is 1. The number of hydrogen-bond donors (Lipinski definition) is 2. The van der Waals surface area contributed by atoms with E-state index in [1.54, 1.807) is 18.2 Å². The molecule has 0 saturated carbocycles. The Balaban J connectivity index is 2.11. The first-order valence-corrected chi connectivity index (χ1v) is 10.6. The molecule has 0 aliphatic heterocycles. The first-order valence-electron chi connectivity index (χ1n) is 9.12. The summed E-state index contributed by atoms with van der Waals surface area (Å²) in [5.74, 6) is 0.144. The van der Waals surface area contributed by atoms with Crippen molar-refractivity contribution in [3.63, 3.8) is 0 Å². The second-order valence-electron chi connectivity index (χ2n) is 7.63. The van der Waals surface area contributed by atoms with Gasteiger partial charge in [-0.1, -0.05) is 57.2 Å². The van der Waals surface area contributed by atoms with Crippen LogP contribution in [0, 0.1) is 11.3 Å². The lowest BCUT2D eigenvalue weighted by Crippen LogP contribution is -2.26. The standard InChI is InChI=1S/C22H26N2O3S/c1-22(2,3)20-15-18(11-12-21(20)25)14-19(16-23)28(26,27)24-13-7-10-17-8-5-4-6-9-17/h4-6,8-9,11-12,14-15,24-25H,7,10,13H2,1-3H3/b19-14+. The van der Waals surface area contributed by atoms with Crippen LogP contribution in [0.4, 0.5) is 0 Å². The number of phenols is 1. The number of phenolic OH excluding ortho intramolecular Hbond substituents is 1. The van der Waals surface area contributed by atoms with Crippen LogP contribution >= 0.6 is 0 Å². The smallest absolute Gasteiger partial charge is 0.250 e. The number of sulfonamides is 1. The van der Waals surface area contributed by atoms with Crippen LogP contribution in [0.15, 0.2) is 53.4 Å². The molecule has 0 saturated heterocycles. The number of aryl methyl sites for hydroxylation is 1. The molecule has 0 bridgehead atoms. The van der Waals surface area contributed by atoms with Crippen molar-refractivity contribution in [2.24, 2.45) is 0 Å². The molecule has 0 aliphatic rings. The minimum absolute atomic E-state index is 0.144. The third-order valence-corrected chi connectivity index (χ3v) is 5.68. The minimum atomic E-state index is -3.90. The number of nitrogens with one attached hydrogen (secondary N) is 1. The highest BCUT2D eigenvalue weighted by atomic mass is 32.2. The van der Waals surface area contributed by atoms with Crippen LogP contribution in [0.25, 0.3) is 6.08 Å². The Morgan fingerprint density at radius 2 is 1.86 bits per heavy atom. The Labute approximate surface area is 167 Å². The van der Waals surface area contributed by atoms with Gasteiger partial charge in [0.1, 0.15) is 11.8 Å². The van der Waals surface area contributed by atoms with Gasteiger partial charge in [-0.15, -0.1) is 0 Å². The molecule has 0 fully saturated rings. The van der Waals surface area contributed by atoms with Crippen LogP contribution in [-0.4, -0.2) is 20.1 Å². The zero-order valence-electron chi connectivity index (χ0n) is 16.4. The molecule has 2 N–H and O–H groups in total. The first kappa shape index (κ1) is 21.7. The molecule has 5 nitrogen and oxygen atoms in total. The van der Waals surface area contributed by atoms with Crippen LogP contribution in [0.1, 0.15) is 43.9 Å². The quantitative estimate of drug-likeness (QED) is 0.542. The van der Waals surface area contributed by atoms with Crippen molar-refractivity contribution >= 4 is 16.1 Å². The topological polar surface area (TPSA) is 90.2 Å². The van der Waals surface area contributed by atoms with Gasteiger partial charge in [-0.3, -0.25) is 0 Å². The number of aromatic hydroxyl groups is 1. The fraction of sp³-hybridized carbons (Fsp3) is 0.318. The maximum atomic E-state index is 12.5. The summed E-state index contributed by atoms with van der Waals surface area (Å²) in [6, 6.07) is 16.4. The summed E-state index contributed by atoms with van der Waals surface area (Å²) >= 11 is 0. The number of nitrogens with zero attached hydrogens (tertiary/aromatic N) is 1. The van der Waals surface area contributed by atoms with Gasteiger partial charge in [0.05, 0.1) is 0 Å². The molecule has 0 aromatic heterocycles. The molecule has 0 aliphatic carbocycles. The zero-order valence-corrected chi connectivity index (χ0v) is 17.3. The minimum Gasteiger partial charge on any atom is -0.508 e. The third-order valence-electron chi connectivity index (χ3n) is 4.30. The van der Waals surface area contributed by atoms with Gasteiger partial charge in [-0.05, 0) is 53.2 Å². The lowest BCUT2D eigenvalue weighted by atomic mass is 9.85. The third kappa shape index (κ3) is 5.95. The Morgan fingerprint density at radius 3 is 2.46 bits per heavy atom. The summed E-state index contributed by atoms with van der Waals surface area (Å²) in [5, 5.41) is 19.4. The second-order valence-corrected chi connectivity index (χ2v) is 9.37.